The zero-order valence-electron chi connectivity index (χ0n) is 15.0. The van der Waals surface area contributed by atoms with E-state index in [1.54, 1.807) is 0 Å². The minimum Gasteiger partial charge on any atom is -0.0622 e. The monoisotopic (exact) mass is 400 g/mol. The molecule has 0 fully saturated rings. The number of benzene rings is 3. The number of allylic oxidation sites excluding steroid dienone is 3. The third-order valence-corrected chi connectivity index (χ3v) is 5.63. The second-order valence-corrected chi connectivity index (χ2v) is 8.13. The molecule has 1 aliphatic rings. The Morgan fingerprint density at radius 1 is 0.731 bits per heavy atom. The first kappa shape index (κ1) is 17.1. The Bertz CT molecular complexity index is 934. The molecule has 3 aromatic rings. The first-order valence-corrected chi connectivity index (χ1v) is 9.70. The van der Waals surface area contributed by atoms with Crippen LogP contribution in [0, 0.1) is 5.41 Å². The molecule has 0 radical (unpaired) electrons. The van der Waals surface area contributed by atoms with Gasteiger partial charge in [-0.1, -0.05) is 103 Å². The van der Waals surface area contributed by atoms with E-state index in [1.807, 2.05) is 0 Å². The molecule has 0 aromatic heterocycles. The molecule has 0 spiro atoms. The summed E-state index contributed by atoms with van der Waals surface area (Å²) in [6.45, 7) is 4.62. The van der Waals surface area contributed by atoms with Gasteiger partial charge in [0.25, 0.3) is 0 Å². The molecule has 4 rings (SSSR count). The van der Waals surface area contributed by atoms with Crippen molar-refractivity contribution in [2.75, 3.05) is 0 Å². The third kappa shape index (κ3) is 3.20. The predicted molar refractivity (Wildman–Crippen MR) is 115 cm³/mol. The Balaban J connectivity index is 1.83. The summed E-state index contributed by atoms with van der Waals surface area (Å²) in [7, 11) is 0. The quantitative estimate of drug-likeness (QED) is 0.428. The van der Waals surface area contributed by atoms with Crippen LogP contribution in [0.15, 0.2) is 101 Å². The van der Waals surface area contributed by atoms with Gasteiger partial charge in [0.1, 0.15) is 0 Å². The lowest BCUT2D eigenvalue weighted by Gasteiger charge is -2.09. The van der Waals surface area contributed by atoms with Crippen LogP contribution in [0.4, 0.5) is 0 Å². The summed E-state index contributed by atoms with van der Waals surface area (Å²) in [6.07, 6.45) is 2.38. The molecule has 0 nitrogen and oxygen atoms in total. The fraction of sp³-hybridized carbons (Fsp3) is 0.120. The lowest BCUT2D eigenvalue weighted by Crippen LogP contribution is -1.93. The first-order chi connectivity index (χ1) is 12.6. The molecule has 0 saturated heterocycles. The molecule has 0 saturated carbocycles. The summed E-state index contributed by atoms with van der Waals surface area (Å²) in [5.74, 6) is 0. The van der Waals surface area contributed by atoms with Crippen molar-refractivity contribution in [2.24, 2.45) is 5.41 Å². The molecule has 3 aromatic carbocycles. The van der Waals surface area contributed by atoms with Crippen molar-refractivity contribution >= 4 is 27.1 Å². The zero-order valence-corrected chi connectivity index (χ0v) is 16.6. The van der Waals surface area contributed by atoms with Crippen molar-refractivity contribution < 1.29 is 0 Å². The lowest BCUT2D eigenvalue weighted by atomic mass is 9.94. The minimum atomic E-state index is 0.114. The van der Waals surface area contributed by atoms with Gasteiger partial charge >= 0.3 is 0 Å². The highest BCUT2D eigenvalue weighted by molar-refractivity contribution is 9.10. The minimum absolute atomic E-state index is 0.114. The highest BCUT2D eigenvalue weighted by Crippen LogP contribution is 2.59. The highest BCUT2D eigenvalue weighted by atomic mass is 79.9. The van der Waals surface area contributed by atoms with Gasteiger partial charge in [0.05, 0.1) is 0 Å². The molecule has 26 heavy (non-hydrogen) atoms. The predicted octanol–water partition coefficient (Wildman–Crippen LogP) is 7.37. The third-order valence-electron chi connectivity index (χ3n) is 5.10. The maximum atomic E-state index is 3.53. The first-order valence-electron chi connectivity index (χ1n) is 8.91. The molecular weight excluding hydrogens is 380 g/mol. The molecule has 0 bridgehead atoms. The SMILES string of the molecule is CC1(C)C(C=C(c2ccccc2)c2ccccc2)=C1c1ccc(Br)cc1. The van der Waals surface area contributed by atoms with Gasteiger partial charge in [0.2, 0.25) is 0 Å². The van der Waals surface area contributed by atoms with Crippen LogP contribution in [0.1, 0.15) is 30.5 Å². The number of hydrogen-bond acceptors (Lipinski definition) is 0. The fourth-order valence-electron chi connectivity index (χ4n) is 3.60. The van der Waals surface area contributed by atoms with Crippen LogP contribution in [0.25, 0.3) is 11.1 Å². The fourth-order valence-corrected chi connectivity index (χ4v) is 3.86. The largest absolute Gasteiger partial charge is 0.0622 e. The van der Waals surface area contributed by atoms with Crippen LogP contribution in [-0.2, 0) is 0 Å². The molecule has 0 aliphatic heterocycles. The van der Waals surface area contributed by atoms with Gasteiger partial charge in [-0.2, -0.15) is 0 Å². The van der Waals surface area contributed by atoms with E-state index < -0.39 is 0 Å². The topological polar surface area (TPSA) is 0 Å². The van der Waals surface area contributed by atoms with Gasteiger partial charge in [-0.15, -0.1) is 0 Å². The average molecular weight is 401 g/mol. The Hall–Kier alpha value is -2.38. The van der Waals surface area contributed by atoms with Crippen molar-refractivity contribution in [3.05, 3.63) is 118 Å². The Labute approximate surface area is 164 Å². The molecule has 0 atom stereocenters. The van der Waals surface area contributed by atoms with E-state index >= 15 is 0 Å². The Morgan fingerprint density at radius 3 is 1.73 bits per heavy atom. The van der Waals surface area contributed by atoms with E-state index in [2.05, 4.69) is 121 Å². The van der Waals surface area contributed by atoms with Gasteiger partial charge in [-0.3, -0.25) is 0 Å². The number of halogens is 1. The van der Waals surface area contributed by atoms with Gasteiger partial charge in [0, 0.05) is 9.89 Å². The van der Waals surface area contributed by atoms with Crippen LogP contribution in [0.3, 0.4) is 0 Å². The van der Waals surface area contributed by atoms with Crippen LogP contribution >= 0.6 is 15.9 Å². The van der Waals surface area contributed by atoms with Crippen LogP contribution < -0.4 is 0 Å². The van der Waals surface area contributed by atoms with E-state index in [0.29, 0.717) is 0 Å². The smallest absolute Gasteiger partial charge is 0.0175 e. The second-order valence-electron chi connectivity index (χ2n) is 7.21. The van der Waals surface area contributed by atoms with E-state index in [-0.39, 0.29) is 5.41 Å². The van der Waals surface area contributed by atoms with Crippen molar-refractivity contribution in [3.63, 3.8) is 0 Å². The molecule has 128 valence electrons. The van der Waals surface area contributed by atoms with Gasteiger partial charge in [-0.05, 0) is 51.6 Å². The summed E-state index contributed by atoms with van der Waals surface area (Å²) in [5, 5.41) is 0. The molecule has 0 N–H and O–H groups in total. The lowest BCUT2D eigenvalue weighted by molar-refractivity contribution is 0.724. The number of hydrogen-bond donors (Lipinski definition) is 0. The van der Waals surface area contributed by atoms with E-state index in [1.165, 1.54) is 33.4 Å². The van der Waals surface area contributed by atoms with Crippen LogP contribution in [0.2, 0.25) is 0 Å². The summed E-state index contributed by atoms with van der Waals surface area (Å²) >= 11 is 3.53. The van der Waals surface area contributed by atoms with E-state index in [0.717, 1.165) is 4.47 Å². The van der Waals surface area contributed by atoms with Gasteiger partial charge in [-0.25, -0.2) is 0 Å². The van der Waals surface area contributed by atoms with Crippen molar-refractivity contribution in [3.8, 4) is 0 Å². The van der Waals surface area contributed by atoms with Gasteiger partial charge < -0.3 is 0 Å². The zero-order chi connectivity index (χ0) is 18.1. The standard InChI is InChI=1S/C25H21Br/c1-25(2)23(24(25)20-13-15-21(26)16-14-20)17-22(18-9-5-3-6-10-18)19-11-7-4-8-12-19/h3-17H,1-2H3. The molecule has 1 heteroatoms. The maximum absolute atomic E-state index is 3.53. The highest BCUT2D eigenvalue weighted by Gasteiger charge is 2.44. The summed E-state index contributed by atoms with van der Waals surface area (Å²) in [6, 6.07) is 30.0. The molecule has 0 heterocycles. The molecule has 1 aliphatic carbocycles. The molecule has 0 unspecified atom stereocenters. The van der Waals surface area contributed by atoms with Gasteiger partial charge in [0.15, 0.2) is 0 Å². The van der Waals surface area contributed by atoms with E-state index in [4.69, 9.17) is 0 Å². The molecular formula is C25H21Br. The van der Waals surface area contributed by atoms with Crippen molar-refractivity contribution in [1.82, 2.24) is 0 Å². The second kappa shape index (κ2) is 6.74. The maximum Gasteiger partial charge on any atom is 0.0175 e. The van der Waals surface area contributed by atoms with Crippen molar-refractivity contribution in [1.29, 1.82) is 0 Å². The summed E-state index contributed by atoms with van der Waals surface area (Å²) in [5.41, 5.74) is 8.07. The van der Waals surface area contributed by atoms with E-state index in [9.17, 15) is 0 Å². The van der Waals surface area contributed by atoms with Crippen LogP contribution in [0.5, 0.6) is 0 Å². The van der Waals surface area contributed by atoms with Crippen molar-refractivity contribution in [2.45, 2.75) is 13.8 Å². The number of rotatable bonds is 4. The normalized spacial score (nSPS) is 14.9. The Morgan fingerprint density at radius 2 is 1.23 bits per heavy atom. The summed E-state index contributed by atoms with van der Waals surface area (Å²) in [4.78, 5) is 0. The van der Waals surface area contributed by atoms with Crippen LogP contribution in [-0.4, -0.2) is 0 Å². The summed E-state index contributed by atoms with van der Waals surface area (Å²) < 4.78 is 1.12. The Kier molecular flexibility index (Phi) is 4.42. The average Bonchev–Trinajstić information content (AvgIpc) is 3.22. The molecule has 0 amide bonds.